The van der Waals surface area contributed by atoms with Crippen LogP contribution in [0.3, 0.4) is 0 Å². The molecule has 5 nitrogen and oxygen atoms in total. The van der Waals surface area contributed by atoms with Gasteiger partial charge in [0.05, 0.1) is 19.2 Å². The molecular formula is C12H14N2O3. The Morgan fingerprint density at radius 3 is 2.82 bits per heavy atom. The van der Waals surface area contributed by atoms with Gasteiger partial charge in [-0.25, -0.2) is 10.4 Å². The number of carbonyl (C=O) groups excluding carboxylic acids is 2. The molecule has 1 aliphatic heterocycles. The van der Waals surface area contributed by atoms with Crippen molar-refractivity contribution in [2.45, 2.75) is 18.9 Å². The second kappa shape index (κ2) is 4.97. The molecule has 2 rings (SSSR count). The number of hydrazine groups is 1. The first-order chi connectivity index (χ1) is 8.20. The Hall–Kier alpha value is -1.88. The summed E-state index contributed by atoms with van der Waals surface area (Å²) >= 11 is 0. The lowest BCUT2D eigenvalue weighted by Crippen LogP contribution is -2.38. The number of anilines is 1. The van der Waals surface area contributed by atoms with E-state index in [1.54, 1.807) is 0 Å². The second-order valence-electron chi connectivity index (χ2n) is 3.88. The quantitative estimate of drug-likeness (QED) is 0.788. The number of ether oxygens (including phenoxy) is 1. The van der Waals surface area contributed by atoms with E-state index < -0.39 is 0 Å². The Bertz CT molecular complexity index is 419. The Labute approximate surface area is 99.3 Å². The van der Waals surface area contributed by atoms with E-state index in [-0.39, 0.29) is 24.3 Å². The number of methoxy groups -OCH3 is 1. The summed E-state index contributed by atoms with van der Waals surface area (Å²) in [6.07, 6.45) is 0.509. The van der Waals surface area contributed by atoms with E-state index in [1.807, 2.05) is 30.3 Å². The van der Waals surface area contributed by atoms with Crippen LogP contribution < -0.4 is 10.4 Å². The molecular weight excluding hydrogens is 220 g/mol. The number of amides is 1. The maximum absolute atomic E-state index is 11.8. The van der Waals surface area contributed by atoms with Crippen molar-refractivity contribution in [3.05, 3.63) is 30.3 Å². The highest BCUT2D eigenvalue weighted by atomic mass is 16.5. The highest BCUT2D eigenvalue weighted by Gasteiger charge is 2.31. The second-order valence-corrected chi connectivity index (χ2v) is 3.88. The smallest absolute Gasteiger partial charge is 0.307 e. The molecule has 90 valence electrons. The van der Waals surface area contributed by atoms with E-state index in [0.29, 0.717) is 6.42 Å². The van der Waals surface area contributed by atoms with Crippen LogP contribution in [0, 0.1) is 0 Å². The zero-order valence-electron chi connectivity index (χ0n) is 9.55. The lowest BCUT2D eigenvalue weighted by Gasteiger charge is -2.17. The number of para-hydroxylation sites is 1. The van der Waals surface area contributed by atoms with Crippen LogP contribution >= 0.6 is 0 Å². The van der Waals surface area contributed by atoms with Crippen LogP contribution in [-0.2, 0) is 14.3 Å². The molecule has 1 heterocycles. The number of carbonyl (C=O) groups is 2. The Kier molecular flexibility index (Phi) is 3.39. The van der Waals surface area contributed by atoms with Gasteiger partial charge in [-0.1, -0.05) is 18.2 Å². The molecule has 0 bridgehead atoms. The van der Waals surface area contributed by atoms with Crippen LogP contribution in [0.1, 0.15) is 12.8 Å². The first-order valence-electron chi connectivity index (χ1n) is 5.41. The van der Waals surface area contributed by atoms with E-state index >= 15 is 0 Å². The van der Waals surface area contributed by atoms with Crippen molar-refractivity contribution in [2.75, 3.05) is 12.1 Å². The SMILES string of the molecule is COC(=O)CC1CC(=O)N(c2ccccc2)N1. The molecule has 5 heteroatoms. The summed E-state index contributed by atoms with van der Waals surface area (Å²) < 4.78 is 4.58. The molecule has 0 aliphatic carbocycles. The van der Waals surface area contributed by atoms with E-state index in [4.69, 9.17) is 0 Å². The number of rotatable bonds is 3. The molecule has 1 unspecified atom stereocenters. The van der Waals surface area contributed by atoms with E-state index in [9.17, 15) is 9.59 Å². The van der Waals surface area contributed by atoms with Crippen LogP contribution in [0.2, 0.25) is 0 Å². The minimum Gasteiger partial charge on any atom is -0.469 e. The van der Waals surface area contributed by atoms with Gasteiger partial charge in [0.25, 0.3) is 0 Å². The van der Waals surface area contributed by atoms with Gasteiger partial charge >= 0.3 is 5.97 Å². The molecule has 17 heavy (non-hydrogen) atoms. The summed E-state index contributed by atoms with van der Waals surface area (Å²) in [7, 11) is 1.34. The molecule has 0 spiro atoms. The normalized spacial score (nSPS) is 19.5. The lowest BCUT2D eigenvalue weighted by atomic mass is 10.2. The molecule has 1 aliphatic rings. The first-order valence-corrected chi connectivity index (χ1v) is 5.41. The van der Waals surface area contributed by atoms with Crippen molar-refractivity contribution in [2.24, 2.45) is 0 Å². The van der Waals surface area contributed by atoms with Gasteiger partial charge in [0.15, 0.2) is 0 Å². The zero-order chi connectivity index (χ0) is 12.3. The number of hydrogen-bond acceptors (Lipinski definition) is 4. The predicted molar refractivity (Wildman–Crippen MR) is 62.1 cm³/mol. The summed E-state index contributed by atoms with van der Waals surface area (Å²) in [5.41, 5.74) is 3.79. The van der Waals surface area contributed by atoms with E-state index in [0.717, 1.165) is 5.69 Å². The van der Waals surface area contributed by atoms with Gasteiger partial charge in [-0.3, -0.25) is 9.59 Å². The van der Waals surface area contributed by atoms with Crippen LogP contribution in [-0.4, -0.2) is 25.0 Å². The number of esters is 1. The van der Waals surface area contributed by atoms with Gasteiger partial charge in [0.2, 0.25) is 5.91 Å². The number of hydrogen-bond donors (Lipinski definition) is 1. The Morgan fingerprint density at radius 1 is 1.47 bits per heavy atom. The lowest BCUT2D eigenvalue weighted by molar-refractivity contribution is -0.141. The number of nitrogens with zero attached hydrogens (tertiary/aromatic N) is 1. The maximum Gasteiger partial charge on any atom is 0.307 e. The van der Waals surface area contributed by atoms with Crippen LogP contribution in [0.25, 0.3) is 0 Å². The van der Waals surface area contributed by atoms with Crippen molar-refractivity contribution in [1.82, 2.24) is 5.43 Å². The zero-order valence-corrected chi connectivity index (χ0v) is 9.55. The minimum absolute atomic E-state index is 0.0369. The molecule has 1 aromatic carbocycles. The van der Waals surface area contributed by atoms with Gasteiger partial charge in [0.1, 0.15) is 0 Å². The summed E-state index contributed by atoms with van der Waals surface area (Å²) in [6.45, 7) is 0. The molecule has 1 fully saturated rings. The average molecular weight is 234 g/mol. The molecule has 0 saturated carbocycles. The van der Waals surface area contributed by atoms with Crippen molar-refractivity contribution in [3.63, 3.8) is 0 Å². The molecule has 1 amide bonds. The number of nitrogens with one attached hydrogen (secondary N) is 1. The van der Waals surface area contributed by atoms with Crippen LogP contribution in [0.4, 0.5) is 5.69 Å². The van der Waals surface area contributed by atoms with Gasteiger partial charge < -0.3 is 4.74 Å². The molecule has 1 atom stereocenters. The van der Waals surface area contributed by atoms with Gasteiger partial charge in [-0.15, -0.1) is 0 Å². The third kappa shape index (κ3) is 2.62. The summed E-state index contributed by atoms with van der Waals surface area (Å²) in [6, 6.07) is 9.10. The highest BCUT2D eigenvalue weighted by molar-refractivity contribution is 5.95. The average Bonchev–Trinajstić information content (AvgIpc) is 2.71. The summed E-state index contributed by atoms with van der Waals surface area (Å²) in [5, 5.41) is 1.48. The molecule has 1 aromatic rings. The third-order valence-electron chi connectivity index (χ3n) is 2.64. The fraction of sp³-hybridized carbons (Fsp3) is 0.333. The van der Waals surface area contributed by atoms with E-state index in [2.05, 4.69) is 10.2 Å². The fourth-order valence-corrected chi connectivity index (χ4v) is 1.80. The topological polar surface area (TPSA) is 58.6 Å². The van der Waals surface area contributed by atoms with E-state index in [1.165, 1.54) is 12.1 Å². The number of benzene rings is 1. The first kappa shape index (κ1) is 11.6. The Morgan fingerprint density at radius 2 is 2.18 bits per heavy atom. The van der Waals surface area contributed by atoms with Crippen molar-refractivity contribution in [1.29, 1.82) is 0 Å². The van der Waals surface area contributed by atoms with Gasteiger partial charge in [-0.05, 0) is 12.1 Å². The largest absolute Gasteiger partial charge is 0.469 e. The van der Waals surface area contributed by atoms with Gasteiger partial charge in [-0.2, -0.15) is 0 Å². The summed E-state index contributed by atoms with van der Waals surface area (Å²) in [4.78, 5) is 22.9. The highest BCUT2D eigenvalue weighted by Crippen LogP contribution is 2.19. The maximum atomic E-state index is 11.8. The van der Waals surface area contributed by atoms with Crippen LogP contribution in [0.15, 0.2) is 30.3 Å². The Balaban J connectivity index is 2.03. The molecule has 0 aromatic heterocycles. The molecule has 1 saturated heterocycles. The van der Waals surface area contributed by atoms with Crippen molar-refractivity contribution < 1.29 is 14.3 Å². The third-order valence-corrected chi connectivity index (χ3v) is 2.64. The monoisotopic (exact) mass is 234 g/mol. The van der Waals surface area contributed by atoms with Crippen molar-refractivity contribution >= 4 is 17.6 Å². The van der Waals surface area contributed by atoms with Gasteiger partial charge in [0, 0.05) is 12.5 Å². The van der Waals surface area contributed by atoms with Crippen molar-refractivity contribution in [3.8, 4) is 0 Å². The predicted octanol–water partition coefficient (Wildman–Crippen LogP) is 0.860. The standard InChI is InChI=1S/C12H14N2O3/c1-17-12(16)8-9-7-11(15)14(13-9)10-5-3-2-4-6-10/h2-6,9,13H,7-8H2,1H3. The molecule has 0 radical (unpaired) electrons. The summed E-state index contributed by atoms with van der Waals surface area (Å²) in [5.74, 6) is -0.352. The minimum atomic E-state index is -0.315. The fourth-order valence-electron chi connectivity index (χ4n) is 1.80. The molecule has 1 N–H and O–H groups in total. The van der Waals surface area contributed by atoms with Crippen LogP contribution in [0.5, 0.6) is 0 Å².